The molecule has 2 N–H and O–H groups in total. The molecule has 0 radical (unpaired) electrons. The molecule has 6 heteroatoms. The second kappa shape index (κ2) is 5.95. The van der Waals surface area contributed by atoms with Gasteiger partial charge in [0.2, 0.25) is 0 Å². The van der Waals surface area contributed by atoms with Crippen LogP contribution in [0.3, 0.4) is 0 Å². The molecule has 0 saturated carbocycles. The Kier molecular flexibility index (Phi) is 4.59. The highest BCUT2D eigenvalue weighted by molar-refractivity contribution is 5.78. The van der Waals surface area contributed by atoms with Crippen LogP contribution >= 0.6 is 0 Å². The van der Waals surface area contributed by atoms with Crippen LogP contribution in [0.4, 0.5) is 4.39 Å². The van der Waals surface area contributed by atoms with Gasteiger partial charge in [-0.25, -0.2) is 9.18 Å². The van der Waals surface area contributed by atoms with Crippen LogP contribution < -0.4 is 5.32 Å². The summed E-state index contributed by atoms with van der Waals surface area (Å²) in [6.07, 6.45) is 0. The SMILES string of the molecule is COC(=O)C(NCC(=O)O)c1ccc(F)cc1. The number of ether oxygens (including phenoxy) is 1. The van der Waals surface area contributed by atoms with Crippen molar-refractivity contribution in [1.29, 1.82) is 0 Å². The number of methoxy groups -OCH3 is 1. The van der Waals surface area contributed by atoms with E-state index < -0.39 is 30.3 Å². The largest absolute Gasteiger partial charge is 0.480 e. The van der Waals surface area contributed by atoms with E-state index in [4.69, 9.17) is 5.11 Å². The first-order chi connectivity index (χ1) is 8.04. The highest BCUT2D eigenvalue weighted by atomic mass is 19.1. The summed E-state index contributed by atoms with van der Waals surface area (Å²) in [5, 5.41) is 11.0. The molecule has 1 rings (SSSR count). The van der Waals surface area contributed by atoms with Crippen LogP contribution in [0.5, 0.6) is 0 Å². The minimum atomic E-state index is -1.10. The van der Waals surface area contributed by atoms with Gasteiger partial charge in [-0.05, 0) is 17.7 Å². The quantitative estimate of drug-likeness (QED) is 0.743. The standard InChI is InChI=1S/C11H12FNO4/c1-17-11(16)10(13-6-9(14)15)7-2-4-8(12)5-3-7/h2-5,10,13H,6H2,1H3,(H,14,15). The maximum Gasteiger partial charge on any atom is 0.327 e. The van der Waals surface area contributed by atoms with Crippen LogP contribution in [0.2, 0.25) is 0 Å². The van der Waals surface area contributed by atoms with E-state index in [1.807, 2.05) is 0 Å². The van der Waals surface area contributed by atoms with Gasteiger partial charge in [-0.3, -0.25) is 10.1 Å². The summed E-state index contributed by atoms with van der Waals surface area (Å²) >= 11 is 0. The molecular weight excluding hydrogens is 229 g/mol. The Hall–Kier alpha value is -1.95. The van der Waals surface area contributed by atoms with Gasteiger partial charge in [-0.15, -0.1) is 0 Å². The summed E-state index contributed by atoms with van der Waals surface area (Å²) in [4.78, 5) is 21.9. The number of halogens is 1. The fourth-order valence-electron chi connectivity index (χ4n) is 1.30. The average molecular weight is 241 g/mol. The van der Waals surface area contributed by atoms with Crippen molar-refractivity contribution in [2.45, 2.75) is 6.04 Å². The first-order valence-corrected chi connectivity index (χ1v) is 4.83. The molecule has 1 aromatic carbocycles. The third-order valence-corrected chi connectivity index (χ3v) is 2.10. The topological polar surface area (TPSA) is 75.6 Å². The average Bonchev–Trinajstić information content (AvgIpc) is 2.30. The molecule has 0 saturated heterocycles. The molecule has 17 heavy (non-hydrogen) atoms. The van der Waals surface area contributed by atoms with Crippen molar-refractivity contribution < 1.29 is 23.8 Å². The lowest BCUT2D eigenvalue weighted by Gasteiger charge is -2.15. The van der Waals surface area contributed by atoms with Crippen molar-refractivity contribution in [2.75, 3.05) is 13.7 Å². The molecule has 1 unspecified atom stereocenters. The van der Waals surface area contributed by atoms with Gasteiger partial charge in [0.25, 0.3) is 0 Å². The number of carbonyl (C=O) groups is 2. The molecule has 0 spiro atoms. The van der Waals surface area contributed by atoms with E-state index in [0.29, 0.717) is 5.56 Å². The fraction of sp³-hybridized carbons (Fsp3) is 0.273. The van der Waals surface area contributed by atoms with E-state index in [2.05, 4.69) is 10.1 Å². The van der Waals surface area contributed by atoms with E-state index in [0.717, 1.165) is 0 Å². The Bertz CT molecular complexity index is 404. The van der Waals surface area contributed by atoms with Crippen molar-refractivity contribution >= 4 is 11.9 Å². The van der Waals surface area contributed by atoms with Crippen molar-refractivity contribution in [3.63, 3.8) is 0 Å². The highest BCUT2D eigenvalue weighted by Gasteiger charge is 2.21. The van der Waals surface area contributed by atoms with Gasteiger partial charge >= 0.3 is 11.9 Å². The Morgan fingerprint density at radius 3 is 2.47 bits per heavy atom. The van der Waals surface area contributed by atoms with E-state index in [1.165, 1.54) is 31.4 Å². The number of hydrogen-bond acceptors (Lipinski definition) is 4. The molecule has 0 aliphatic carbocycles. The fourth-order valence-corrected chi connectivity index (χ4v) is 1.30. The maximum atomic E-state index is 12.7. The predicted octanol–water partition coefficient (Wildman–Crippen LogP) is 0.714. The number of aliphatic carboxylic acids is 1. The lowest BCUT2D eigenvalue weighted by atomic mass is 10.1. The molecule has 92 valence electrons. The molecule has 0 fully saturated rings. The van der Waals surface area contributed by atoms with Gasteiger partial charge in [-0.2, -0.15) is 0 Å². The molecule has 0 amide bonds. The van der Waals surface area contributed by atoms with Crippen LogP contribution in [-0.2, 0) is 14.3 Å². The summed E-state index contributed by atoms with van der Waals surface area (Å²) < 4.78 is 17.3. The first kappa shape index (κ1) is 13.1. The minimum absolute atomic E-state index is 0.392. The summed E-state index contributed by atoms with van der Waals surface area (Å²) in [5.41, 5.74) is 0.444. The second-order valence-electron chi connectivity index (χ2n) is 3.28. The maximum absolute atomic E-state index is 12.7. The van der Waals surface area contributed by atoms with E-state index in [9.17, 15) is 14.0 Å². The zero-order valence-electron chi connectivity index (χ0n) is 9.14. The zero-order valence-corrected chi connectivity index (χ0v) is 9.14. The lowest BCUT2D eigenvalue weighted by molar-refractivity contribution is -0.143. The van der Waals surface area contributed by atoms with Gasteiger partial charge in [0.15, 0.2) is 0 Å². The second-order valence-corrected chi connectivity index (χ2v) is 3.28. The first-order valence-electron chi connectivity index (χ1n) is 4.83. The third-order valence-electron chi connectivity index (χ3n) is 2.10. The summed E-state index contributed by atoms with van der Waals surface area (Å²) in [7, 11) is 1.20. The van der Waals surface area contributed by atoms with Crippen molar-refractivity contribution in [3.05, 3.63) is 35.6 Å². The Morgan fingerprint density at radius 2 is 2.00 bits per heavy atom. The Labute approximate surface area is 97.2 Å². The molecule has 1 aromatic rings. The van der Waals surface area contributed by atoms with Crippen LogP contribution in [0, 0.1) is 5.82 Å². The third kappa shape index (κ3) is 3.84. The number of benzene rings is 1. The van der Waals surface area contributed by atoms with Gasteiger partial charge in [0.1, 0.15) is 11.9 Å². The molecule has 5 nitrogen and oxygen atoms in total. The number of hydrogen-bond donors (Lipinski definition) is 2. The van der Waals surface area contributed by atoms with Gasteiger partial charge in [-0.1, -0.05) is 12.1 Å². The van der Waals surface area contributed by atoms with Crippen LogP contribution in [0.1, 0.15) is 11.6 Å². The summed E-state index contributed by atoms with van der Waals surface area (Å²) in [6.45, 7) is -0.392. The molecule has 0 aliphatic heterocycles. The molecule has 0 aromatic heterocycles. The number of carboxylic acids is 1. The Balaban J connectivity index is 2.85. The predicted molar refractivity (Wildman–Crippen MR) is 56.8 cm³/mol. The molecule has 0 heterocycles. The van der Waals surface area contributed by atoms with Crippen LogP contribution in [0.15, 0.2) is 24.3 Å². The smallest absolute Gasteiger partial charge is 0.327 e. The van der Waals surface area contributed by atoms with Gasteiger partial charge in [0, 0.05) is 0 Å². The van der Waals surface area contributed by atoms with Gasteiger partial charge < -0.3 is 9.84 Å². The number of carboxylic acid groups (broad SMARTS) is 1. The Morgan fingerprint density at radius 1 is 1.41 bits per heavy atom. The van der Waals surface area contributed by atoms with E-state index in [1.54, 1.807) is 0 Å². The number of esters is 1. The van der Waals surface area contributed by atoms with E-state index >= 15 is 0 Å². The van der Waals surface area contributed by atoms with Crippen LogP contribution in [-0.4, -0.2) is 30.7 Å². The zero-order chi connectivity index (χ0) is 12.8. The van der Waals surface area contributed by atoms with Crippen molar-refractivity contribution in [1.82, 2.24) is 5.32 Å². The molecular formula is C11H12FNO4. The summed E-state index contributed by atoms with van der Waals surface area (Å²) in [6, 6.07) is 4.25. The summed E-state index contributed by atoms with van der Waals surface area (Å²) in [5.74, 6) is -2.16. The lowest BCUT2D eigenvalue weighted by Crippen LogP contribution is -2.33. The highest BCUT2D eigenvalue weighted by Crippen LogP contribution is 2.14. The number of rotatable bonds is 5. The van der Waals surface area contributed by atoms with Crippen molar-refractivity contribution in [2.24, 2.45) is 0 Å². The minimum Gasteiger partial charge on any atom is -0.480 e. The van der Waals surface area contributed by atoms with E-state index in [-0.39, 0.29) is 0 Å². The van der Waals surface area contributed by atoms with Crippen molar-refractivity contribution in [3.8, 4) is 0 Å². The van der Waals surface area contributed by atoms with Gasteiger partial charge in [0.05, 0.1) is 13.7 Å². The number of carbonyl (C=O) groups excluding carboxylic acids is 1. The molecule has 0 bridgehead atoms. The monoisotopic (exact) mass is 241 g/mol. The molecule has 1 atom stereocenters. The molecule has 0 aliphatic rings. The van der Waals surface area contributed by atoms with Crippen LogP contribution in [0.25, 0.3) is 0 Å². The number of nitrogens with one attached hydrogen (secondary N) is 1. The normalized spacial score (nSPS) is 11.9.